The van der Waals surface area contributed by atoms with Crippen molar-refractivity contribution in [2.45, 2.75) is 52.2 Å². The van der Waals surface area contributed by atoms with Crippen molar-refractivity contribution in [1.29, 1.82) is 0 Å². The number of carbonyl (C=O) groups excluding carboxylic acids is 1. The number of amides is 1. The lowest BCUT2D eigenvalue weighted by molar-refractivity contribution is -0.139. The van der Waals surface area contributed by atoms with Crippen LogP contribution >= 0.6 is 0 Å². The molecule has 96 valence electrons. The third kappa shape index (κ3) is 8.14. The summed E-state index contributed by atoms with van der Waals surface area (Å²) >= 11 is 0. The number of ether oxygens (including phenoxy) is 1. The Morgan fingerprint density at radius 2 is 2.00 bits per heavy atom. The van der Waals surface area contributed by atoms with Gasteiger partial charge in [0.2, 0.25) is 0 Å². The molecule has 0 radical (unpaired) electrons. The number of nitrogens with one attached hydrogen (secondary N) is 1. The zero-order valence-electron chi connectivity index (χ0n) is 10.7. The first-order valence-corrected chi connectivity index (χ1v) is 5.38. The Balaban J connectivity index is 4.28. The molecule has 1 atom stereocenters. The fourth-order valence-electron chi connectivity index (χ4n) is 1.05. The maximum absolute atomic E-state index is 11.4. The van der Waals surface area contributed by atoms with E-state index in [1.165, 1.54) is 0 Å². The van der Waals surface area contributed by atoms with E-state index < -0.39 is 23.7 Å². The molecular weight excluding hydrogens is 222 g/mol. The Kier molecular flexibility index (Phi) is 6.11. The van der Waals surface area contributed by atoms with Crippen LogP contribution < -0.4 is 5.32 Å². The minimum Gasteiger partial charge on any atom is -0.480 e. The van der Waals surface area contributed by atoms with Crippen molar-refractivity contribution in [3.8, 4) is 11.8 Å². The average molecular weight is 241 g/mol. The number of aliphatic carboxylic acids is 1. The predicted molar refractivity (Wildman–Crippen MR) is 63.5 cm³/mol. The average Bonchev–Trinajstić information content (AvgIpc) is 2.13. The third-order valence-corrected chi connectivity index (χ3v) is 1.72. The molecule has 0 aromatic heterocycles. The van der Waals surface area contributed by atoms with Gasteiger partial charge in [0, 0.05) is 6.42 Å². The van der Waals surface area contributed by atoms with E-state index in [0.29, 0.717) is 6.42 Å². The molecule has 0 aliphatic rings. The lowest BCUT2D eigenvalue weighted by Gasteiger charge is -2.21. The summed E-state index contributed by atoms with van der Waals surface area (Å²) in [4.78, 5) is 22.2. The summed E-state index contributed by atoms with van der Waals surface area (Å²) in [7, 11) is 0. The molecule has 5 nitrogen and oxygen atoms in total. The van der Waals surface area contributed by atoms with Crippen LogP contribution in [0.2, 0.25) is 0 Å². The van der Waals surface area contributed by atoms with E-state index in [2.05, 4.69) is 17.2 Å². The van der Waals surface area contributed by atoms with Crippen LogP contribution in [-0.4, -0.2) is 28.8 Å². The largest absolute Gasteiger partial charge is 0.480 e. The molecule has 0 unspecified atom stereocenters. The van der Waals surface area contributed by atoms with Gasteiger partial charge < -0.3 is 15.2 Å². The molecule has 0 saturated carbocycles. The van der Waals surface area contributed by atoms with Crippen LogP contribution in [0.1, 0.15) is 40.5 Å². The molecule has 17 heavy (non-hydrogen) atoms. The molecule has 0 rings (SSSR count). The number of hydrogen-bond acceptors (Lipinski definition) is 3. The summed E-state index contributed by atoms with van der Waals surface area (Å²) in [5, 5.41) is 11.2. The first-order valence-electron chi connectivity index (χ1n) is 5.38. The number of carboxylic acids is 1. The SMILES string of the molecule is CC#CCC[C@H](NC(=O)OC(C)(C)C)C(=O)O. The fraction of sp³-hybridized carbons (Fsp3) is 0.667. The quantitative estimate of drug-likeness (QED) is 0.735. The van der Waals surface area contributed by atoms with Crippen LogP contribution in [0.25, 0.3) is 0 Å². The van der Waals surface area contributed by atoms with Crippen LogP contribution in [-0.2, 0) is 9.53 Å². The van der Waals surface area contributed by atoms with Crippen molar-refractivity contribution in [3.63, 3.8) is 0 Å². The van der Waals surface area contributed by atoms with Crippen LogP contribution in [0.15, 0.2) is 0 Å². The first kappa shape index (κ1) is 15.3. The van der Waals surface area contributed by atoms with Crippen LogP contribution in [0.4, 0.5) is 4.79 Å². The fourth-order valence-corrected chi connectivity index (χ4v) is 1.05. The summed E-state index contributed by atoms with van der Waals surface area (Å²) in [6.07, 6.45) is -0.0482. The summed E-state index contributed by atoms with van der Waals surface area (Å²) in [5.41, 5.74) is -0.642. The molecule has 0 aromatic carbocycles. The summed E-state index contributed by atoms with van der Waals surface area (Å²) in [6.45, 7) is 6.82. The highest BCUT2D eigenvalue weighted by atomic mass is 16.6. The zero-order valence-corrected chi connectivity index (χ0v) is 10.7. The van der Waals surface area contributed by atoms with Crippen LogP contribution in [0.3, 0.4) is 0 Å². The van der Waals surface area contributed by atoms with Crippen molar-refractivity contribution in [3.05, 3.63) is 0 Å². The third-order valence-electron chi connectivity index (χ3n) is 1.72. The van der Waals surface area contributed by atoms with Gasteiger partial charge in [-0.25, -0.2) is 9.59 Å². The molecule has 0 aromatic rings. The molecule has 0 saturated heterocycles. The second-order valence-corrected chi connectivity index (χ2v) is 4.50. The van der Waals surface area contributed by atoms with Gasteiger partial charge in [-0.05, 0) is 34.1 Å². The zero-order chi connectivity index (χ0) is 13.5. The Morgan fingerprint density at radius 3 is 2.41 bits per heavy atom. The van der Waals surface area contributed by atoms with E-state index in [-0.39, 0.29) is 6.42 Å². The van der Waals surface area contributed by atoms with E-state index in [1.54, 1.807) is 27.7 Å². The highest BCUT2D eigenvalue weighted by Gasteiger charge is 2.23. The van der Waals surface area contributed by atoms with E-state index in [9.17, 15) is 9.59 Å². The minimum atomic E-state index is -1.09. The van der Waals surface area contributed by atoms with E-state index in [4.69, 9.17) is 9.84 Å². The van der Waals surface area contributed by atoms with Crippen molar-refractivity contribution in [1.82, 2.24) is 5.32 Å². The molecule has 0 fully saturated rings. The first-order chi connectivity index (χ1) is 7.76. The molecular formula is C12H19NO4. The topological polar surface area (TPSA) is 75.6 Å². The number of hydrogen-bond donors (Lipinski definition) is 2. The monoisotopic (exact) mass is 241 g/mol. The van der Waals surface area contributed by atoms with E-state index in [0.717, 1.165) is 0 Å². The second kappa shape index (κ2) is 6.79. The Hall–Kier alpha value is -1.70. The van der Waals surface area contributed by atoms with Crippen molar-refractivity contribution >= 4 is 12.1 Å². The van der Waals surface area contributed by atoms with Gasteiger partial charge in [-0.3, -0.25) is 0 Å². The molecule has 0 aliphatic heterocycles. The highest BCUT2D eigenvalue weighted by Crippen LogP contribution is 2.07. The summed E-state index contributed by atoms with van der Waals surface area (Å²) in [6, 6.07) is -0.967. The minimum absolute atomic E-state index is 0.259. The number of alkyl carbamates (subject to hydrolysis) is 1. The second-order valence-electron chi connectivity index (χ2n) is 4.50. The molecule has 0 heterocycles. The molecule has 0 bridgehead atoms. The Morgan fingerprint density at radius 1 is 1.41 bits per heavy atom. The van der Waals surface area contributed by atoms with Gasteiger partial charge in [-0.2, -0.15) is 0 Å². The van der Waals surface area contributed by atoms with Gasteiger partial charge >= 0.3 is 12.1 Å². The van der Waals surface area contributed by atoms with Gasteiger partial charge in [-0.1, -0.05) is 0 Å². The van der Waals surface area contributed by atoms with Crippen molar-refractivity contribution < 1.29 is 19.4 Å². The van der Waals surface area contributed by atoms with Gasteiger partial charge in [-0.15, -0.1) is 11.8 Å². The normalized spacial score (nSPS) is 12.0. The van der Waals surface area contributed by atoms with Crippen molar-refractivity contribution in [2.75, 3.05) is 0 Å². The van der Waals surface area contributed by atoms with Gasteiger partial charge in [0.1, 0.15) is 11.6 Å². The highest BCUT2D eigenvalue weighted by molar-refractivity contribution is 5.79. The maximum Gasteiger partial charge on any atom is 0.408 e. The molecule has 0 spiro atoms. The number of carbonyl (C=O) groups is 2. The maximum atomic E-state index is 11.4. The number of rotatable bonds is 4. The van der Waals surface area contributed by atoms with Crippen LogP contribution in [0, 0.1) is 11.8 Å². The molecule has 5 heteroatoms. The standard InChI is InChI=1S/C12H19NO4/c1-5-6-7-8-9(10(14)15)13-11(16)17-12(2,3)4/h9H,7-8H2,1-4H3,(H,13,16)(H,14,15)/t9-/m0/s1. The predicted octanol–water partition coefficient (Wildman–Crippen LogP) is 1.77. The van der Waals surface area contributed by atoms with Crippen LogP contribution in [0.5, 0.6) is 0 Å². The number of carboxylic acid groups (broad SMARTS) is 1. The lowest BCUT2D eigenvalue weighted by Crippen LogP contribution is -2.43. The molecule has 1 amide bonds. The summed E-state index contributed by atoms with van der Waals surface area (Å²) < 4.78 is 4.98. The van der Waals surface area contributed by atoms with E-state index in [1.807, 2.05) is 0 Å². The van der Waals surface area contributed by atoms with Gasteiger partial charge in [0.15, 0.2) is 0 Å². The molecule has 0 aliphatic carbocycles. The van der Waals surface area contributed by atoms with Gasteiger partial charge in [0.05, 0.1) is 0 Å². The molecule has 2 N–H and O–H groups in total. The Bertz CT molecular complexity index is 333. The Labute approximate surface area is 102 Å². The van der Waals surface area contributed by atoms with E-state index >= 15 is 0 Å². The smallest absolute Gasteiger partial charge is 0.408 e. The summed E-state index contributed by atoms with van der Waals surface area (Å²) in [5.74, 6) is 4.33. The lowest BCUT2D eigenvalue weighted by atomic mass is 10.1. The van der Waals surface area contributed by atoms with Crippen molar-refractivity contribution in [2.24, 2.45) is 0 Å². The van der Waals surface area contributed by atoms with Gasteiger partial charge in [0.25, 0.3) is 0 Å².